The van der Waals surface area contributed by atoms with E-state index in [4.69, 9.17) is 9.72 Å². The summed E-state index contributed by atoms with van der Waals surface area (Å²) in [4.78, 5) is 38.9. The third-order valence-corrected chi connectivity index (χ3v) is 10.1. The molecule has 12 heteroatoms. The van der Waals surface area contributed by atoms with Gasteiger partial charge < -0.3 is 19.9 Å². The van der Waals surface area contributed by atoms with E-state index in [1.807, 2.05) is 24.3 Å². The van der Waals surface area contributed by atoms with Crippen LogP contribution in [0.5, 0.6) is 0 Å². The molecular weight excluding hydrogens is 580 g/mol. The lowest BCUT2D eigenvalue weighted by Crippen LogP contribution is -2.51. The Morgan fingerprint density at radius 2 is 1.66 bits per heavy atom. The lowest BCUT2D eigenvalue weighted by atomic mass is 10.0. The maximum absolute atomic E-state index is 13.4. The van der Waals surface area contributed by atoms with Crippen LogP contribution in [-0.2, 0) is 21.2 Å². The molecular formula is C32H38N6O5S. The Balaban J connectivity index is 1.18. The SMILES string of the molecule is CC(C)(C)OC(=O)N1CCN(S(=O)(=O)c2ccc(Nc3ncc4c(n3)N(C3CCCC3)c3ccccc3C(=O)C4)cc2)CC1. The van der Waals surface area contributed by atoms with Crippen LogP contribution in [-0.4, -0.2) is 77.3 Å². The molecule has 2 aliphatic heterocycles. The Morgan fingerprint density at radius 1 is 0.977 bits per heavy atom. The highest BCUT2D eigenvalue weighted by molar-refractivity contribution is 7.89. The smallest absolute Gasteiger partial charge is 0.410 e. The molecule has 1 aromatic heterocycles. The first-order valence-corrected chi connectivity index (χ1v) is 16.6. The number of piperazine rings is 1. The number of aromatic nitrogens is 2. The standard InChI is InChI=1S/C32H38N6O5S/c1-32(2,3)43-31(40)36-16-18-37(19-17-36)44(41,42)25-14-12-23(13-15-25)34-30-33-21-22-20-28(39)26-10-6-7-11-27(26)38(29(22)35-30)24-8-4-5-9-24/h6-7,10-15,21,24H,4-5,8-9,16-20H2,1-3H3,(H,33,34,35). The summed E-state index contributed by atoms with van der Waals surface area (Å²) in [6.07, 6.45) is 5.84. The van der Waals surface area contributed by atoms with Crippen LogP contribution in [0, 0.1) is 0 Å². The molecule has 6 rings (SSSR count). The van der Waals surface area contributed by atoms with Gasteiger partial charge >= 0.3 is 6.09 Å². The molecule has 1 aliphatic carbocycles. The average Bonchev–Trinajstić information content (AvgIpc) is 3.49. The first-order chi connectivity index (χ1) is 21.0. The molecule has 0 radical (unpaired) electrons. The number of Topliss-reactive ketones (excluding diaryl/α,β-unsaturated/α-hetero) is 1. The van der Waals surface area contributed by atoms with Gasteiger partial charge in [-0.05, 0) is 70.0 Å². The summed E-state index contributed by atoms with van der Waals surface area (Å²) in [7, 11) is -3.75. The lowest BCUT2D eigenvalue weighted by molar-refractivity contribution is 0.0192. The number of rotatable bonds is 5. The minimum absolute atomic E-state index is 0.0507. The normalized spacial score (nSPS) is 18.0. The van der Waals surface area contributed by atoms with Crippen LogP contribution >= 0.6 is 0 Å². The number of ether oxygens (including phenoxy) is 1. The number of fused-ring (bicyclic) bond motifs is 2. The van der Waals surface area contributed by atoms with Gasteiger partial charge in [0, 0.05) is 61.7 Å². The van der Waals surface area contributed by atoms with Crippen molar-refractivity contribution in [3.05, 3.63) is 65.9 Å². The number of nitrogens with one attached hydrogen (secondary N) is 1. The zero-order valence-corrected chi connectivity index (χ0v) is 26.1. The topological polar surface area (TPSA) is 125 Å². The van der Waals surface area contributed by atoms with Gasteiger partial charge in [0.05, 0.1) is 10.6 Å². The molecule has 3 aromatic rings. The van der Waals surface area contributed by atoms with Gasteiger partial charge in [0.15, 0.2) is 5.78 Å². The summed E-state index contributed by atoms with van der Waals surface area (Å²) >= 11 is 0. The van der Waals surface area contributed by atoms with E-state index in [9.17, 15) is 18.0 Å². The van der Waals surface area contributed by atoms with Gasteiger partial charge in [0.1, 0.15) is 11.4 Å². The fourth-order valence-electron chi connectivity index (χ4n) is 6.05. The molecule has 3 heterocycles. The number of benzene rings is 2. The van der Waals surface area contributed by atoms with Crippen molar-refractivity contribution in [3.8, 4) is 0 Å². The molecule has 2 fully saturated rings. The highest BCUT2D eigenvalue weighted by Gasteiger charge is 2.34. The number of para-hydroxylation sites is 1. The fourth-order valence-corrected chi connectivity index (χ4v) is 7.47. The summed E-state index contributed by atoms with van der Waals surface area (Å²) in [5.74, 6) is 1.15. The maximum atomic E-state index is 13.4. The Morgan fingerprint density at radius 3 is 2.34 bits per heavy atom. The van der Waals surface area contributed by atoms with E-state index in [0.29, 0.717) is 17.2 Å². The molecule has 232 valence electrons. The Hall–Kier alpha value is -4.03. The molecule has 1 amide bonds. The predicted octanol–water partition coefficient (Wildman–Crippen LogP) is 5.28. The molecule has 1 saturated carbocycles. The number of hydrogen-bond donors (Lipinski definition) is 1. The van der Waals surface area contributed by atoms with E-state index >= 15 is 0 Å². The van der Waals surface area contributed by atoms with E-state index in [2.05, 4.69) is 15.2 Å². The fraction of sp³-hybridized carbons (Fsp3) is 0.438. The minimum Gasteiger partial charge on any atom is -0.444 e. The Labute approximate surface area is 258 Å². The molecule has 1 N–H and O–H groups in total. The number of sulfonamides is 1. The third-order valence-electron chi connectivity index (χ3n) is 8.21. The van der Waals surface area contributed by atoms with Crippen LogP contribution in [0.15, 0.2) is 59.6 Å². The van der Waals surface area contributed by atoms with E-state index < -0.39 is 21.7 Å². The molecule has 2 aromatic carbocycles. The number of anilines is 4. The molecule has 0 bridgehead atoms. The average molecular weight is 619 g/mol. The summed E-state index contributed by atoms with van der Waals surface area (Å²) < 4.78 is 33.5. The largest absolute Gasteiger partial charge is 0.444 e. The number of carbonyl (C=O) groups is 2. The Bertz CT molecular complexity index is 1660. The lowest BCUT2D eigenvalue weighted by Gasteiger charge is -2.35. The van der Waals surface area contributed by atoms with Crippen molar-refractivity contribution in [1.29, 1.82) is 0 Å². The van der Waals surface area contributed by atoms with Crippen molar-refractivity contribution < 1.29 is 22.7 Å². The number of nitrogens with zero attached hydrogens (tertiary/aromatic N) is 5. The first-order valence-electron chi connectivity index (χ1n) is 15.1. The van der Waals surface area contributed by atoms with Crippen molar-refractivity contribution in [2.24, 2.45) is 0 Å². The van der Waals surface area contributed by atoms with Crippen LogP contribution < -0.4 is 10.2 Å². The third kappa shape index (κ3) is 6.14. The molecule has 11 nitrogen and oxygen atoms in total. The first kappa shape index (κ1) is 30.0. The van der Waals surface area contributed by atoms with Gasteiger partial charge in [-0.3, -0.25) is 4.79 Å². The molecule has 0 atom stereocenters. The summed E-state index contributed by atoms with van der Waals surface area (Å²) in [6, 6.07) is 14.5. The number of carbonyl (C=O) groups excluding carboxylic acids is 2. The number of hydrogen-bond acceptors (Lipinski definition) is 9. The quantitative estimate of drug-likeness (QED) is 0.407. The maximum Gasteiger partial charge on any atom is 0.410 e. The van der Waals surface area contributed by atoms with Gasteiger partial charge in [-0.25, -0.2) is 18.2 Å². The van der Waals surface area contributed by atoms with Crippen LogP contribution in [0.1, 0.15) is 62.4 Å². The molecule has 1 saturated heterocycles. The van der Waals surface area contributed by atoms with E-state index in [1.165, 1.54) is 9.21 Å². The molecule has 44 heavy (non-hydrogen) atoms. The van der Waals surface area contributed by atoms with E-state index in [-0.39, 0.29) is 49.3 Å². The molecule has 3 aliphatic rings. The Kier molecular flexibility index (Phi) is 8.06. The van der Waals surface area contributed by atoms with Gasteiger partial charge in [-0.2, -0.15) is 9.29 Å². The molecule has 0 unspecified atom stereocenters. The second kappa shape index (κ2) is 11.8. The minimum atomic E-state index is -3.75. The van der Waals surface area contributed by atoms with Crippen LogP contribution in [0.25, 0.3) is 0 Å². The summed E-state index contributed by atoms with van der Waals surface area (Å²) in [6.45, 7) is 6.30. The van der Waals surface area contributed by atoms with Crippen molar-refractivity contribution in [3.63, 3.8) is 0 Å². The van der Waals surface area contributed by atoms with Crippen LogP contribution in [0.2, 0.25) is 0 Å². The van der Waals surface area contributed by atoms with E-state index in [0.717, 1.165) is 42.8 Å². The number of amides is 1. The van der Waals surface area contributed by atoms with Crippen molar-refractivity contribution in [1.82, 2.24) is 19.2 Å². The molecule has 0 spiro atoms. The number of ketones is 1. The van der Waals surface area contributed by atoms with Gasteiger partial charge in [0.2, 0.25) is 16.0 Å². The summed E-state index contributed by atoms with van der Waals surface area (Å²) in [5.41, 5.74) is 2.40. The summed E-state index contributed by atoms with van der Waals surface area (Å²) in [5, 5.41) is 3.22. The van der Waals surface area contributed by atoms with E-state index in [1.54, 1.807) is 51.2 Å². The van der Waals surface area contributed by atoms with Gasteiger partial charge in [0.25, 0.3) is 0 Å². The highest BCUT2D eigenvalue weighted by atomic mass is 32.2. The van der Waals surface area contributed by atoms with Crippen LogP contribution in [0.4, 0.5) is 27.9 Å². The zero-order chi connectivity index (χ0) is 31.1. The second-order valence-corrected chi connectivity index (χ2v) is 14.4. The van der Waals surface area contributed by atoms with Crippen molar-refractivity contribution >= 4 is 45.0 Å². The highest BCUT2D eigenvalue weighted by Crippen LogP contribution is 2.40. The van der Waals surface area contributed by atoms with Gasteiger partial charge in [-0.15, -0.1) is 0 Å². The zero-order valence-electron chi connectivity index (χ0n) is 25.3. The second-order valence-electron chi connectivity index (χ2n) is 12.5. The monoisotopic (exact) mass is 618 g/mol. The van der Waals surface area contributed by atoms with Gasteiger partial charge in [-0.1, -0.05) is 25.0 Å². The van der Waals surface area contributed by atoms with Crippen LogP contribution in [0.3, 0.4) is 0 Å². The predicted molar refractivity (Wildman–Crippen MR) is 167 cm³/mol. The van der Waals surface area contributed by atoms with Crippen molar-refractivity contribution in [2.45, 2.75) is 69.4 Å². The van der Waals surface area contributed by atoms with Crippen molar-refractivity contribution in [2.75, 3.05) is 36.4 Å².